The molecule has 3 rings (SSSR count). The molecular weight excluding hydrogens is 238 g/mol. The summed E-state index contributed by atoms with van der Waals surface area (Å²) < 4.78 is 11.4. The largest absolute Gasteiger partial charge is 0.493 e. The lowest BCUT2D eigenvalue weighted by Gasteiger charge is -2.19. The molecule has 3 unspecified atom stereocenters. The van der Waals surface area contributed by atoms with Gasteiger partial charge in [0.15, 0.2) is 0 Å². The first-order valence-corrected chi connectivity index (χ1v) is 7.43. The van der Waals surface area contributed by atoms with Gasteiger partial charge in [-0.15, -0.1) is 0 Å². The Morgan fingerprint density at radius 2 is 2.21 bits per heavy atom. The van der Waals surface area contributed by atoms with Crippen molar-refractivity contribution < 1.29 is 9.47 Å². The lowest BCUT2D eigenvalue weighted by Crippen LogP contribution is -2.29. The van der Waals surface area contributed by atoms with Crippen molar-refractivity contribution in [3.8, 4) is 5.75 Å². The molecule has 2 heterocycles. The van der Waals surface area contributed by atoms with E-state index in [4.69, 9.17) is 15.2 Å². The first-order valence-electron chi connectivity index (χ1n) is 7.43. The van der Waals surface area contributed by atoms with Crippen LogP contribution in [0, 0.1) is 0 Å². The summed E-state index contributed by atoms with van der Waals surface area (Å²) in [6, 6.07) is 8.47. The van der Waals surface area contributed by atoms with Crippen LogP contribution in [0.2, 0.25) is 0 Å². The Morgan fingerprint density at radius 1 is 1.32 bits per heavy atom. The second kappa shape index (κ2) is 5.93. The van der Waals surface area contributed by atoms with E-state index in [0.717, 1.165) is 38.2 Å². The monoisotopic (exact) mass is 261 g/mol. The van der Waals surface area contributed by atoms with Crippen molar-refractivity contribution in [3.05, 3.63) is 29.8 Å². The molecule has 2 N–H and O–H groups in total. The number of hydrogen-bond donors (Lipinski definition) is 1. The first-order chi connectivity index (χ1) is 9.34. The van der Waals surface area contributed by atoms with Gasteiger partial charge in [0.25, 0.3) is 0 Å². The minimum Gasteiger partial charge on any atom is -0.493 e. The predicted octanol–water partition coefficient (Wildman–Crippen LogP) is 2.84. The number of hydrogen-bond acceptors (Lipinski definition) is 3. The van der Waals surface area contributed by atoms with Gasteiger partial charge in [0.1, 0.15) is 5.75 Å². The van der Waals surface area contributed by atoms with E-state index < -0.39 is 0 Å². The molecule has 1 aromatic carbocycles. The molecule has 0 spiro atoms. The van der Waals surface area contributed by atoms with Gasteiger partial charge in [-0.3, -0.25) is 0 Å². The van der Waals surface area contributed by atoms with Crippen LogP contribution < -0.4 is 10.5 Å². The zero-order chi connectivity index (χ0) is 13.1. The van der Waals surface area contributed by atoms with Crippen molar-refractivity contribution in [2.24, 2.45) is 5.73 Å². The molecule has 1 fully saturated rings. The molecule has 2 aliphatic rings. The first kappa shape index (κ1) is 12.9. The second-order valence-corrected chi connectivity index (χ2v) is 5.69. The van der Waals surface area contributed by atoms with Crippen LogP contribution in [0.5, 0.6) is 5.75 Å². The Kier molecular flexibility index (Phi) is 4.04. The summed E-state index contributed by atoms with van der Waals surface area (Å²) in [5, 5.41) is 0. The Balaban J connectivity index is 1.49. The average Bonchev–Trinajstić information content (AvgIpc) is 3.07. The highest BCUT2D eigenvalue weighted by Gasteiger charge is 2.28. The summed E-state index contributed by atoms with van der Waals surface area (Å²) in [4.78, 5) is 0. The van der Waals surface area contributed by atoms with E-state index >= 15 is 0 Å². The third-order valence-electron chi connectivity index (χ3n) is 4.34. The fraction of sp³-hybridized carbons (Fsp3) is 0.625. The van der Waals surface area contributed by atoms with E-state index in [-0.39, 0.29) is 6.04 Å². The number of benzene rings is 1. The standard InChI is InChI=1S/C16H23NO2/c17-15(8-3-5-12-6-4-10-18-12)14-11-19-16-9-2-1-7-13(14)16/h1-2,7,9,12,14-15H,3-6,8,10-11,17H2. The molecule has 104 valence electrons. The van der Waals surface area contributed by atoms with Crippen LogP contribution in [0.25, 0.3) is 0 Å². The molecule has 0 radical (unpaired) electrons. The number of rotatable bonds is 5. The van der Waals surface area contributed by atoms with Crippen LogP contribution >= 0.6 is 0 Å². The molecule has 0 amide bonds. The van der Waals surface area contributed by atoms with Crippen molar-refractivity contribution in [1.82, 2.24) is 0 Å². The Bertz CT molecular complexity index is 415. The van der Waals surface area contributed by atoms with E-state index in [0.29, 0.717) is 12.0 Å². The van der Waals surface area contributed by atoms with Crippen molar-refractivity contribution in [2.45, 2.75) is 50.2 Å². The van der Waals surface area contributed by atoms with Gasteiger partial charge in [-0.05, 0) is 38.2 Å². The van der Waals surface area contributed by atoms with Crippen LogP contribution in [0.4, 0.5) is 0 Å². The molecule has 1 saturated heterocycles. The average molecular weight is 261 g/mol. The fourth-order valence-electron chi connectivity index (χ4n) is 3.20. The molecule has 0 aliphatic carbocycles. The summed E-state index contributed by atoms with van der Waals surface area (Å²) in [5.41, 5.74) is 7.64. The minimum atomic E-state index is 0.199. The minimum absolute atomic E-state index is 0.199. The van der Waals surface area contributed by atoms with Crippen molar-refractivity contribution >= 4 is 0 Å². The van der Waals surface area contributed by atoms with Gasteiger partial charge >= 0.3 is 0 Å². The summed E-state index contributed by atoms with van der Waals surface area (Å²) in [6.45, 7) is 1.68. The Labute approximate surface area is 115 Å². The van der Waals surface area contributed by atoms with Crippen LogP contribution in [0.1, 0.15) is 43.6 Å². The van der Waals surface area contributed by atoms with Crippen LogP contribution in [0.15, 0.2) is 24.3 Å². The molecule has 3 nitrogen and oxygen atoms in total. The molecule has 2 aliphatic heterocycles. The summed E-state index contributed by atoms with van der Waals surface area (Å²) in [7, 11) is 0. The van der Waals surface area contributed by atoms with Gasteiger partial charge in [-0.1, -0.05) is 18.2 Å². The van der Waals surface area contributed by atoms with E-state index in [9.17, 15) is 0 Å². The van der Waals surface area contributed by atoms with Crippen LogP contribution in [-0.2, 0) is 4.74 Å². The zero-order valence-corrected chi connectivity index (χ0v) is 11.4. The zero-order valence-electron chi connectivity index (χ0n) is 11.4. The maximum Gasteiger partial charge on any atom is 0.122 e. The number of para-hydroxylation sites is 1. The second-order valence-electron chi connectivity index (χ2n) is 5.69. The smallest absolute Gasteiger partial charge is 0.122 e. The highest BCUT2D eigenvalue weighted by Crippen LogP contribution is 2.36. The van der Waals surface area contributed by atoms with Crippen molar-refractivity contribution in [3.63, 3.8) is 0 Å². The summed E-state index contributed by atoms with van der Waals surface area (Å²) >= 11 is 0. The molecule has 3 heteroatoms. The number of fused-ring (bicyclic) bond motifs is 1. The lowest BCUT2D eigenvalue weighted by molar-refractivity contribution is 0.101. The third kappa shape index (κ3) is 2.93. The van der Waals surface area contributed by atoms with Gasteiger partial charge in [0.2, 0.25) is 0 Å². The molecular formula is C16H23NO2. The highest BCUT2D eigenvalue weighted by atomic mass is 16.5. The topological polar surface area (TPSA) is 44.5 Å². The normalized spacial score (nSPS) is 27.0. The summed E-state index contributed by atoms with van der Waals surface area (Å²) in [6.07, 6.45) is 6.31. The maximum atomic E-state index is 6.36. The quantitative estimate of drug-likeness (QED) is 0.886. The van der Waals surface area contributed by atoms with Crippen molar-refractivity contribution in [1.29, 1.82) is 0 Å². The summed E-state index contributed by atoms with van der Waals surface area (Å²) in [5.74, 6) is 1.38. The third-order valence-corrected chi connectivity index (χ3v) is 4.34. The maximum absolute atomic E-state index is 6.36. The van der Waals surface area contributed by atoms with E-state index in [1.807, 2.05) is 12.1 Å². The fourth-order valence-corrected chi connectivity index (χ4v) is 3.20. The predicted molar refractivity (Wildman–Crippen MR) is 75.5 cm³/mol. The lowest BCUT2D eigenvalue weighted by atomic mass is 9.90. The van der Waals surface area contributed by atoms with E-state index in [1.54, 1.807) is 0 Å². The Hall–Kier alpha value is -1.06. The molecule has 1 aromatic rings. The van der Waals surface area contributed by atoms with Gasteiger partial charge in [-0.25, -0.2) is 0 Å². The molecule has 0 bridgehead atoms. The van der Waals surface area contributed by atoms with E-state index in [1.165, 1.54) is 18.4 Å². The molecule has 0 saturated carbocycles. The van der Waals surface area contributed by atoms with Gasteiger partial charge < -0.3 is 15.2 Å². The van der Waals surface area contributed by atoms with Crippen molar-refractivity contribution in [2.75, 3.05) is 13.2 Å². The molecule has 19 heavy (non-hydrogen) atoms. The Morgan fingerprint density at radius 3 is 3.05 bits per heavy atom. The van der Waals surface area contributed by atoms with Gasteiger partial charge in [0, 0.05) is 24.1 Å². The molecule has 0 aromatic heterocycles. The van der Waals surface area contributed by atoms with Gasteiger partial charge in [0.05, 0.1) is 12.7 Å². The number of ether oxygens (including phenoxy) is 2. The van der Waals surface area contributed by atoms with E-state index in [2.05, 4.69) is 12.1 Å². The van der Waals surface area contributed by atoms with Crippen LogP contribution in [0.3, 0.4) is 0 Å². The molecule has 3 atom stereocenters. The van der Waals surface area contributed by atoms with Gasteiger partial charge in [-0.2, -0.15) is 0 Å². The number of nitrogens with two attached hydrogens (primary N) is 1. The highest BCUT2D eigenvalue weighted by molar-refractivity contribution is 5.40. The van der Waals surface area contributed by atoms with Crippen LogP contribution in [-0.4, -0.2) is 25.4 Å². The SMILES string of the molecule is NC(CCCC1CCCO1)C1COc2ccccc21.